The summed E-state index contributed by atoms with van der Waals surface area (Å²) in [5.41, 5.74) is 24.5. The molecule has 428 valence electrons. The Morgan fingerprint density at radius 2 is 0.805 bits per heavy atom. The maximum absolute atomic E-state index is 12.9. The van der Waals surface area contributed by atoms with Gasteiger partial charge in [-0.3, -0.25) is 19.4 Å². The van der Waals surface area contributed by atoms with E-state index in [2.05, 4.69) is 173 Å². The van der Waals surface area contributed by atoms with Crippen molar-refractivity contribution in [3.8, 4) is 33.4 Å². The molecule has 0 fully saturated rings. The highest BCUT2D eigenvalue weighted by molar-refractivity contribution is 6.07. The first-order valence-corrected chi connectivity index (χ1v) is 27.3. The Morgan fingerprint density at radius 1 is 0.439 bits per heavy atom. The maximum atomic E-state index is 12.9. The third-order valence-corrected chi connectivity index (χ3v) is 15.2. The van der Waals surface area contributed by atoms with Gasteiger partial charge in [-0.2, -0.15) is 0 Å². The number of carbonyl (C=O) groups excluding carboxylic acids is 3. The number of nitrogens with one attached hydrogen (secondary N) is 6. The third kappa shape index (κ3) is 14.8. The van der Waals surface area contributed by atoms with Gasteiger partial charge in [0.2, 0.25) is 0 Å². The average Bonchev–Trinajstić information content (AvgIpc) is 4.20. The molecule has 6 aromatic carbocycles. The molecule has 0 spiro atoms. The molecule has 0 saturated heterocycles. The van der Waals surface area contributed by atoms with Crippen LogP contribution in [0.25, 0.3) is 33.4 Å². The SMILES string of the molecule is C.CNc1cc(-c2ccc(C)cc2)cc(C(=O)NCC2=NCC(C)=C2C)c1C.CNc1cc(-c2ccc(C)cc2)cc(C(=O)NCc2c(C)noc2C)c1C.CNc1cc(-c2ccc(C)cc2)cc(C(=O)NCc2onc(C)c2C)c1C. The van der Waals surface area contributed by atoms with Crippen LogP contribution in [0.5, 0.6) is 0 Å². The lowest BCUT2D eigenvalue weighted by atomic mass is 9.96. The van der Waals surface area contributed by atoms with Crippen molar-refractivity contribution in [2.45, 2.75) is 104 Å². The summed E-state index contributed by atoms with van der Waals surface area (Å²) in [7, 11) is 5.61. The molecule has 8 aromatic rings. The molecular formula is C68H81N9O5. The lowest BCUT2D eigenvalue weighted by Crippen LogP contribution is -2.30. The number of hydrogen-bond acceptors (Lipinski definition) is 11. The maximum Gasteiger partial charge on any atom is 0.252 e. The molecule has 0 radical (unpaired) electrons. The van der Waals surface area contributed by atoms with Crippen molar-refractivity contribution in [3.63, 3.8) is 0 Å². The number of rotatable bonds is 15. The van der Waals surface area contributed by atoms with E-state index < -0.39 is 0 Å². The van der Waals surface area contributed by atoms with Crippen LogP contribution >= 0.6 is 0 Å². The van der Waals surface area contributed by atoms with Crippen LogP contribution in [0.15, 0.2) is 134 Å². The minimum atomic E-state index is -0.133. The molecule has 1 aliphatic rings. The zero-order chi connectivity index (χ0) is 58.7. The Balaban J connectivity index is 0.000000197. The Hall–Kier alpha value is -9.04. The van der Waals surface area contributed by atoms with E-state index in [4.69, 9.17) is 9.05 Å². The van der Waals surface area contributed by atoms with E-state index in [1.54, 1.807) is 0 Å². The van der Waals surface area contributed by atoms with Gasteiger partial charge in [-0.25, -0.2) is 0 Å². The molecule has 14 heteroatoms. The van der Waals surface area contributed by atoms with Gasteiger partial charge >= 0.3 is 0 Å². The van der Waals surface area contributed by atoms with Crippen LogP contribution in [0.1, 0.15) is 120 Å². The zero-order valence-electron chi connectivity index (χ0n) is 49.6. The van der Waals surface area contributed by atoms with E-state index >= 15 is 0 Å². The van der Waals surface area contributed by atoms with Gasteiger partial charge in [-0.15, -0.1) is 0 Å². The zero-order valence-corrected chi connectivity index (χ0v) is 49.6. The molecule has 14 nitrogen and oxygen atoms in total. The Bertz CT molecular complexity index is 3620. The van der Waals surface area contributed by atoms with Crippen LogP contribution in [-0.4, -0.2) is 68.0 Å². The van der Waals surface area contributed by atoms with Crippen molar-refractivity contribution in [3.05, 3.63) is 204 Å². The summed E-state index contributed by atoms with van der Waals surface area (Å²) in [6.07, 6.45) is 0. The van der Waals surface area contributed by atoms with Gasteiger partial charge < -0.3 is 40.9 Å². The molecule has 0 atom stereocenters. The van der Waals surface area contributed by atoms with Crippen LogP contribution < -0.4 is 31.9 Å². The van der Waals surface area contributed by atoms with Crippen molar-refractivity contribution < 1.29 is 23.4 Å². The number of amides is 3. The number of benzene rings is 6. The first-order chi connectivity index (χ1) is 38.7. The highest BCUT2D eigenvalue weighted by Crippen LogP contribution is 2.32. The minimum absolute atomic E-state index is 0. The fourth-order valence-corrected chi connectivity index (χ4v) is 9.41. The van der Waals surface area contributed by atoms with Crippen molar-refractivity contribution in [1.29, 1.82) is 0 Å². The van der Waals surface area contributed by atoms with E-state index in [-0.39, 0.29) is 25.1 Å². The van der Waals surface area contributed by atoms with E-state index in [0.717, 1.165) is 108 Å². The van der Waals surface area contributed by atoms with Crippen LogP contribution in [-0.2, 0) is 13.1 Å². The van der Waals surface area contributed by atoms with Gasteiger partial charge in [0.15, 0.2) is 5.76 Å². The second kappa shape index (κ2) is 27.9. The molecule has 0 aliphatic carbocycles. The van der Waals surface area contributed by atoms with E-state index in [1.807, 2.05) is 87.8 Å². The van der Waals surface area contributed by atoms with Gasteiger partial charge in [0.05, 0.1) is 36.7 Å². The molecule has 0 unspecified atom stereocenters. The standard InChI is InChI=1S/C23H27N3O.2C22H25N3O2.CH4/c1-14-6-8-18(9-7-14)19-10-20(17(4)21(11-19)24-5)23(27)26-13-22-16(3)15(2)12-25-22;1-13-6-8-17(9-7-13)18-10-19(14(2)21(11-18)23-5)22(26)24-12-20-15(3)25-27-16(20)4;1-13-6-8-17(9-7-13)18-10-19(15(3)20(11-18)23-5)22(26)24-12-21-14(2)16(4)25-27-21;/h6-11,24H,12-13H2,1-5H3,(H,26,27);2*6-11,23H,12H2,1-5H3,(H,24,26);1H4. The summed E-state index contributed by atoms with van der Waals surface area (Å²) in [6, 6.07) is 37.0. The molecule has 3 amide bonds. The van der Waals surface area contributed by atoms with Crippen LogP contribution in [0.3, 0.4) is 0 Å². The van der Waals surface area contributed by atoms with Crippen LogP contribution in [0.4, 0.5) is 17.1 Å². The van der Waals surface area contributed by atoms with Gasteiger partial charge in [0.1, 0.15) is 5.76 Å². The fourth-order valence-electron chi connectivity index (χ4n) is 9.41. The number of aryl methyl sites for hydroxylation is 6. The predicted octanol–water partition coefficient (Wildman–Crippen LogP) is 14.3. The second-order valence-corrected chi connectivity index (χ2v) is 20.8. The average molecular weight is 1100 g/mol. The first kappa shape index (κ1) is 62.2. The van der Waals surface area contributed by atoms with Crippen molar-refractivity contribution in [2.75, 3.05) is 50.2 Å². The molecule has 9 rings (SSSR count). The molecule has 0 bridgehead atoms. The second-order valence-electron chi connectivity index (χ2n) is 20.8. The Morgan fingerprint density at radius 3 is 1.12 bits per heavy atom. The van der Waals surface area contributed by atoms with E-state index in [1.165, 1.54) is 27.8 Å². The molecule has 6 N–H and O–H groups in total. The lowest BCUT2D eigenvalue weighted by molar-refractivity contribution is 0.0940. The van der Waals surface area contributed by atoms with Crippen molar-refractivity contribution >= 4 is 40.5 Å². The summed E-state index contributed by atoms with van der Waals surface area (Å²) >= 11 is 0. The summed E-state index contributed by atoms with van der Waals surface area (Å²) in [6.45, 7) is 25.7. The number of aromatic nitrogens is 2. The molecule has 2 aromatic heterocycles. The fraction of sp³-hybridized carbons (Fsp3) is 0.294. The highest BCUT2D eigenvalue weighted by atomic mass is 16.5. The molecule has 82 heavy (non-hydrogen) atoms. The largest absolute Gasteiger partial charge is 0.388 e. The van der Waals surface area contributed by atoms with Gasteiger partial charge in [-0.1, -0.05) is 107 Å². The van der Waals surface area contributed by atoms with Crippen molar-refractivity contribution in [1.82, 2.24) is 26.3 Å². The first-order valence-electron chi connectivity index (χ1n) is 27.3. The Kier molecular flexibility index (Phi) is 21.2. The van der Waals surface area contributed by atoms with Gasteiger partial charge in [0, 0.05) is 72.6 Å². The summed E-state index contributed by atoms with van der Waals surface area (Å²) in [5, 5.41) is 26.5. The molecule has 1 aliphatic heterocycles. The number of hydrogen-bond donors (Lipinski definition) is 6. The summed E-state index contributed by atoms with van der Waals surface area (Å²) < 4.78 is 10.5. The minimum Gasteiger partial charge on any atom is -0.388 e. The van der Waals surface area contributed by atoms with Crippen LogP contribution in [0, 0.1) is 69.2 Å². The summed E-state index contributed by atoms with van der Waals surface area (Å²) in [5.74, 6) is 1.10. The third-order valence-electron chi connectivity index (χ3n) is 15.2. The van der Waals surface area contributed by atoms with Crippen LogP contribution in [0.2, 0.25) is 0 Å². The van der Waals surface area contributed by atoms with E-state index in [0.29, 0.717) is 42.1 Å². The topological polar surface area (TPSA) is 188 Å². The van der Waals surface area contributed by atoms with Gasteiger partial charge in [-0.05, 0) is 181 Å². The number of carbonyl (C=O) groups is 3. The molecule has 0 saturated carbocycles. The molecule has 3 heterocycles. The quantitative estimate of drug-likeness (QED) is 0.0577. The molecular weight excluding hydrogens is 1020 g/mol. The van der Waals surface area contributed by atoms with E-state index in [9.17, 15) is 14.4 Å². The monoisotopic (exact) mass is 1100 g/mol. The van der Waals surface area contributed by atoms with Gasteiger partial charge in [0.25, 0.3) is 17.7 Å². The number of nitrogens with zero attached hydrogens (tertiary/aromatic N) is 3. The Labute approximate surface area is 484 Å². The normalized spacial score (nSPS) is 11.5. The lowest BCUT2D eigenvalue weighted by Gasteiger charge is -2.15. The number of aliphatic imine (C=N–C) groups is 1. The predicted molar refractivity (Wildman–Crippen MR) is 337 cm³/mol. The summed E-state index contributed by atoms with van der Waals surface area (Å²) in [4.78, 5) is 43.2. The highest BCUT2D eigenvalue weighted by Gasteiger charge is 2.20. The number of anilines is 3. The van der Waals surface area contributed by atoms with Crippen molar-refractivity contribution in [2.24, 2.45) is 4.99 Å². The smallest absolute Gasteiger partial charge is 0.252 e.